The summed E-state index contributed by atoms with van der Waals surface area (Å²) in [5.41, 5.74) is 0.851. The van der Waals surface area contributed by atoms with Crippen LogP contribution >= 0.6 is 15.9 Å². The number of methoxy groups -OCH3 is 1. The minimum Gasteiger partial charge on any atom is -0.508 e. The number of benzene rings is 1. The zero-order valence-electron chi connectivity index (χ0n) is 7.95. The highest BCUT2D eigenvalue weighted by Gasteiger charge is 2.16. The van der Waals surface area contributed by atoms with Gasteiger partial charge in [-0.1, -0.05) is 15.9 Å². The van der Waals surface area contributed by atoms with Gasteiger partial charge in [-0.15, -0.1) is 0 Å². The number of aromatic hydroxyl groups is 1. The standard InChI is InChI=1S/C10H8BrNO3/c1-15-10(14)8-3-7(13)2-6(4-11)9(8)5-12/h2-3,13H,4H2,1H3. The molecule has 4 nitrogen and oxygen atoms in total. The monoisotopic (exact) mass is 269 g/mol. The summed E-state index contributed by atoms with van der Waals surface area (Å²) < 4.78 is 4.52. The molecule has 0 amide bonds. The number of ether oxygens (including phenoxy) is 1. The summed E-state index contributed by atoms with van der Waals surface area (Å²) in [7, 11) is 1.22. The molecule has 0 bridgehead atoms. The zero-order valence-corrected chi connectivity index (χ0v) is 9.54. The summed E-state index contributed by atoms with van der Waals surface area (Å²) in [6.45, 7) is 0. The summed E-state index contributed by atoms with van der Waals surface area (Å²) in [6, 6.07) is 4.56. The van der Waals surface area contributed by atoms with Crippen molar-refractivity contribution in [2.24, 2.45) is 0 Å². The van der Waals surface area contributed by atoms with E-state index in [0.29, 0.717) is 10.9 Å². The molecule has 0 aliphatic heterocycles. The van der Waals surface area contributed by atoms with Gasteiger partial charge < -0.3 is 9.84 Å². The number of phenols is 1. The number of alkyl halides is 1. The second-order valence-corrected chi connectivity index (χ2v) is 3.33. The van der Waals surface area contributed by atoms with E-state index in [9.17, 15) is 9.90 Å². The molecule has 0 aromatic heterocycles. The number of phenolic OH excluding ortho intramolecular Hbond substituents is 1. The maximum atomic E-state index is 11.3. The number of rotatable bonds is 2. The molecule has 0 saturated heterocycles. The van der Waals surface area contributed by atoms with E-state index >= 15 is 0 Å². The Morgan fingerprint density at radius 2 is 2.33 bits per heavy atom. The molecule has 1 aromatic carbocycles. The van der Waals surface area contributed by atoms with Crippen molar-refractivity contribution in [3.05, 3.63) is 28.8 Å². The topological polar surface area (TPSA) is 70.3 Å². The lowest BCUT2D eigenvalue weighted by molar-refractivity contribution is 0.0600. The average Bonchev–Trinajstić information content (AvgIpc) is 2.26. The lowest BCUT2D eigenvalue weighted by Crippen LogP contribution is -2.05. The van der Waals surface area contributed by atoms with Crippen LogP contribution in [-0.2, 0) is 10.1 Å². The fourth-order valence-electron chi connectivity index (χ4n) is 1.19. The third-order valence-electron chi connectivity index (χ3n) is 1.87. The molecule has 0 radical (unpaired) electrons. The first-order valence-electron chi connectivity index (χ1n) is 4.04. The summed E-state index contributed by atoms with van der Waals surface area (Å²) >= 11 is 3.17. The van der Waals surface area contributed by atoms with Crippen molar-refractivity contribution < 1.29 is 14.6 Å². The molecule has 78 valence electrons. The van der Waals surface area contributed by atoms with Gasteiger partial charge in [-0.2, -0.15) is 5.26 Å². The van der Waals surface area contributed by atoms with Gasteiger partial charge in [0, 0.05) is 5.33 Å². The van der Waals surface area contributed by atoms with E-state index in [1.807, 2.05) is 6.07 Å². The van der Waals surface area contributed by atoms with Gasteiger partial charge in [0.25, 0.3) is 0 Å². The van der Waals surface area contributed by atoms with E-state index in [0.717, 1.165) is 0 Å². The molecular formula is C10H8BrNO3. The molecule has 1 aromatic rings. The molecule has 15 heavy (non-hydrogen) atoms. The molecule has 0 spiro atoms. The number of nitrogens with zero attached hydrogens (tertiary/aromatic N) is 1. The number of halogens is 1. The van der Waals surface area contributed by atoms with Gasteiger partial charge in [-0.05, 0) is 17.7 Å². The average molecular weight is 270 g/mol. The van der Waals surface area contributed by atoms with Crippen LogP contribution in [0.3, 0.4) is 0 Å². The summed E-state index contributed by atoms with van der Waals surface area (Å²) in [5, 5.41) is 18.6. The first-order chi connectivity index (χ1) is 7.13. The van der Waals surface area contributed by atoms with E-state index in [4.69, 9.17) is 5.26 Å². The minimum atomic E-state index is -0.635. The number of esters is 1. The molecule has 5 heteroatoms. The molecule has 0 atom stereocenters. The number of carbonyl (C=O) groups excluding carboxylic acids is 1. The lowest BCUT2D eigenvalue weighted by atomic mass is 10.0. The van der Waals surface area contributed by atoms with Gasteiger partial charge in [0.1, 0.15) is 11.8 Å². The smallest absolute Gasteiger partial charge is 0.339 e. The molecule has 0 fully saturated rings. The van der Waals surface area contributed by atoms with Crippen LogP contribution in [0, 0.1) is 11.3 Å². The van der Waals surface area contributed by atoms with Crippen LogP contribution in [0.5, 0.6) is 5.75 Å². The molecule has 1 N–H and O–H groups in total. The van der Waals surface area contributed by atoms with Crippen LogP contribution in [0.2, 0.25) is 0 Å². The van der Waals surface area contributed by atoms with Crippen molar-refractivity contribution in [2.45, 2.75) is 5.33 Å². The normalized spacial score (nSPS) is 9.40. The lowest BCUT2D eigenvalue weighted by Gasteiger charge is -2.06. The third kappa shape index (κ3) is 2.28. The fraction of sp³-hybridized carbons (Fsp3) is 0.200. The highest BCUT2D eigenvalue weighted by atomic mass is 79.9. The van der Waals surface area contributed by atoms with Gasteiger partial charge >= 0.3 is 5.97 Å². The van der Waals surface area contributed by atoms with Gasteiger partial charge in [0.15, 0.2) is 0 Å². The maximum Gasteiger partial charge on any atom is 0.339 e. The predicted molar refractivity (Wildman–Crippen MR) is 56.8 cm³/mol. The third-order valence-corrected chi connectivity index (χ3v) is 2.47. The molecule has 0 heterocycles. The van der Waals surface area contributed by atoms with E-state index in [-0.39, 0.29) is 16.9 Å². The minimum absolute atomic E-state index is 0.0659. The van der Waals surface area contributed by atoms with Crippen LogP contribution < -0.4 is 0 Å². The number of nitriles is 1. The van der Waals surface area contributed by atoms with E-state index < -0.39 is 5.97 Å². The van der Waals surface area contributed by atoms with Crippen LogP contribution in [0.15, 0.2) is 12.1 Å². The fourth-order valence-corrected chi connectivity index (χ4v) is 1.64. The van der Waals surface area contributed by atoms with Crippen LogP contribution in [0.25, 0.3) is 0 Å². The molecule has 0 unspecified atom stereocenters. The molecule has 1 rings (SSSR count). The Labute approximate surface area is 95.2 Å². The van der Waals surface area contributed by atoms with Crippen LogP contribution in [0.1, 0.15) is 21.5 Å². The van der Waals surface area contributed by atoms with E-state index in [2.05, 4.69) is 20.7 Å². The Kier molecular flexibility index (Phi) is 3.69. The number of carbonyl (C=O) groups is 1. The van der Waals surface area contributed by atoms with Gasteiger partial charge in [0.05, 0.1) is 18.2 Å². The van der Waals surface area contributed by atoms with Gasteiger partial charge in [-0.3, -0.25) is 0 Å². The zero-order chi connectivity index (χ0) is 11.4. The molecule has 0 aliphatic rings. The van der Waals surface area contributed by atoms with Gasteiger partial charge in [0.2, 0.25) is 0 Å². The van der Waals surface area contributed by atoms with Crippen LogP contribution in [0.4, 0.5) is 0 Å². The van der Waals surface area contributed by atoms with E-state index in [1.165, 1.54) is 19.2 Å². The van der Waals surface area contributed by atoms with Crippen molar-refractivity contribution in [3.8, 4) is 11.8 Å². The number of hydrogen-bond acceptors (Lipinski definition) is 4. The SMILES string of the molecule is COC(=O)c1cc(O)cc(CBr)c1C#N. The largest absolute Gasteiger partial charge is 0.508 e. The molecular weight excluding hydrogens is 262 g/mol. The van der Waals surface area contributed by atoms with Crippen molar-refractivity contribution in [3.63, 3.8) is 0 Å². The van der Waals surface area contributed by atoms with Crippen molar-refractivity contribution in [2.75, 3.05) is 7.11 Å². The Bertz CT molecular complexity index is 437. The highest BCUT2D eigenvalue weighted by molar-refractivity contribution is 9.08. The summed E-state index contributed by atoms with van der Waals surface area (Å²) in [5.74, 6) is -0.700. The van der Waals surface area contributed by atoms with Gasteiger partial charge in [-0.25, -0.2) is 4.79 Å². The second-order valence-electron chi connectivity index (χ2n) is 2.76. The first-order valence-corrected chi connectivity index (χ1v) is 5.16. The van der Waals surface area contributed by atoms with Crippen LogP contribution in [-0.4, -0.2) is 18.2 Å². The van der Waals surface area contributed by atoms with Crippen molar-refractivity contribution in [1.82, 2.24) is 0 Å². The Morgan fingerprint density at radius 3 is 2.80 bits per heavy atom. The highest BCUT2D eigenvalue weighted by Crippen LogP contribution is 2.23. The van der Waals surface area contributed by atoms with Crippen molar-refractivity contribution in [1.29, 1.82) is 5.26 Å². The molecule has 0 aliphatic carbocycles. The molecule has 0 saturated carbocycles. The van der Waals surface area contributed by atoms with Crippen molar-refractivity contribution >= 4 is 21.9 Å². The maximum absolute atomic E-state index is 11.3. The second kappa shape index (κ2) is 4.80. The Balaban J connectivity index is 3.43. The summed E-state index contributed by atoms with van der Waals surface area (Å²) in [4.78, 5) is 11.3. The Morgan fingerprint density at radius 1 is 1.67 bits per heavy atom. The van der Waals surface area contributed by atoms with E-state index in [1.54, 1.807) is 0 Å². The first kappa shape index (κ1) is 11.5. The summed E-state index contributed by atoms with van der Waals surface area (Å²) in [6.07, 6.45) is 0. The quantitative estimate of drug-likeness (QED) is 0.658. The Hall–Kier alpha value is -1.54. The number of hydrogen-bond donors (Lipinski definition) is 1. The predicted octanol–water partition coefficient (Wildman–Crippen LogP) is 1.95.